The lowest BCUT2D eigenvalue weighted by atomic mass is 9.99. The molecule has 0 bridgehead atoms. The molecule has 0 saturated heterocycles. The van der Waals surface area contributed by atoms with Crippen LogP contribution in [0.2, 0.25) is 5.28 Å². The Labute approximate surface area is 118 Å². The summed E-state index contributed by atoms with van der Waals surface area (Å²) in [6, 6.07) is 3.01. The van der Waals surface area contributed by atoms with E-state index in [1.165, 1.54) is 15.8 Å². The van der Waals surface area contributed by atoms with Gasteiger partial charge in [-0.15, -0.1) is 10.2 Å². The van der Waals surface area contributed by atoms with Crippen LogP contribution in [0.4, 0.5) is 11.4 Å². The van der Waals surface area contributed by atoms with Crippen molar-refractivity contribution in [1.29, 1.82) is 0 Å². The molecule has 1 N–H and O–H groups in total. The zero-order valence-electron chi connectivity index (χ0n) is 10.6. The summed E-state index contributed by atoms with van der Waals surface area (Å²) in [5.74, 6) is 0.510. The quantitative estimate of drug-likeness (QED) is 0.669. The second-order valence-corrected chi connectivity index (χ2v) is 4.84. The number of fused-ring (bicyclic) bond motifs is 1. The van der Waals surface area contributed by atoms with Gasteiger partial charge in [-0.25, -0.2) is 9.69 Å². The molecule has 8 nitrogen and oxygen atoms in total. The highest BCUT2D eigenvalue weighted by Gasteiger charge is 2.38. The Kier molecular flexibility index (Phi) is 2.66. The zero-order valence-corrected chi connectivity index (χ0v) is 11.4. The lowest BCUT2D eigenvalue weighted by Crippen LogP contribution is -2.43. The van der Waals surface area contributed by atoms with Gasteiger partial charge in [0.1, 0.15) is 0 Å². The molecule has 0 amide bonds. The molecule has 2 heterocycles. The SMILES string of the molecule is Cc1cc2c(cc1[N+](=O)[O-])C(O)N2n1c(C)nnc1Cl. The third kappa shape index (κ3) is 1.58. The average molecular weight is 296 g/mol. The molecule has 9 heteroatoms. The van der Waals surface area contributed by atoms with E-state index in [2.05, 4.69) is 10.2 Å². The molecular formula is C11H10ClN5O3. The van der Waals surface area contributed by atoms with Crippen molar-refractivity contribution < 1.29 is 10.0 Å². The number of hydrogen-bond donors (Lipinski definition) is 1. The van der Waals surface area contributed by atoms with E-state index >= 15 is 0 Å². The number of halogens is 1. The summed E-state index contributed by atoms with van der Waals surface area (Å²) in [5, 5.41) is 30.2. The minimum absolute atomic E-state index is 0.0194. The van der Waals surface area contributed by atoms with Crippen LogP contribution in [-0.4, -0.2) is 24.9 Å². The van der Waals surface area contributed by atoms with E-state index in [0.29, 0.717) is 22.6 Å². The molecule has 3 rings (SSSR count). The number of rotatable bonds is 2. The molecule has 1 aromatic heterocycles. The molecular weight excluding hydrogens is 286 g/mol. The first kappa shape index (κ1) is 12.8. The molecule has 104 valence electrons. The summed E-state index contributed by atoms with van der Waals surface area (Å²) >= 11 is 5.93. The molecule has 0 fully saturated rings. The molecule has 0 aliphatic carbocycles. The zero-order chi connectivity index (χ0) is 14.6. The number of anilines is 1. The fourth-order valence-corrected chi connectivity index (χ4v) is 2.53. The van der Waals surface area contributed by atoms with Crippen molar-refractivity contribution in [3.05, 3.63) is 44.5 Å². The maximum absolute atomic E-state index is 10.9. The van der Waals surface area contributed by atoms with E-state index in [4.69, 9.17) is 11.6 Å². The summed E-state index contributed by atoms with van der Waals surface area (Å²) in [4.78, 5) is 10.4. The smallest absolute Gasteiger partial charge is 0.272 e. The van der Waals surface area contributed by atoms with Gasteiger partial charge < -0.3 is 5.11 Å². The van der Waals surface area contributed by atoms with Crippen molar-refractivity contribution in [1.82, 2.24) is 14.9 Å². The monoisotopic (exact) mass is 295 g/mol. The van der Waals surface area contributed by atoms with Crippen LogP contribution in [-0.2, 0) is 0 Å². The number of aromatic nitrogens is 3. The van der Waals surface area contributed by atoms with Crippen molar-refractivity contribution in [2.45, 2.75) is 20.1 Å². The topological polar surface area (TPSA) is 97.3 Å². The third-order valence-electron chi connectivity index (χ3n) is 3.27. The maximum Gasteiger partial charge on any atom is 0.272 e. The highest BCUT2D eigenvalue weighted by Crippen LogP contribution is 2.45. The van der Waals surface area contributed by atoms with E-state index in [-0.39, 0.29) is 11.0 Å². The Morgan fingerprint density at radius 1 is 1.40 bits per heavy atom. The fourth-order valence-electron chi connectivity index (χ4n) is 2.29. The Bertz CT molecular complexity index is 710. The van der Waals surface area contributed by atoms with Gasteiger partial charge in [-0.2, -0.15) is 0 Å². The van der Waals surface area contributed by atoms with E-state index < -0.39 is 11.2 Å². The van der Waals surface area contributed by atoms with Crippen LogP contribution < -0.4 is 5.01 Å². The number of nitrogens with zero attached hydrogens (tertiary/aromatic N) is 5. The van der Waals surface area contributed by atoms with Gasteiger partial charge in [0.25, 0.3) is 5.69 Å². The maximum atomic E-state index is 10.9. The number of aliphatic hydroxyl groups is 1. The van der Waals surface area contributed by atoms with Crippen molar-refractivity contribution in [2.24, 2.45) is 0 Å². The first-order valence-corrected chi connectivity index (χ1v) is 6.13. The molecule has 0 saturated carbocycles. The standard InChI is InChI=1S/C11H10ClN5O3/c1-5-3-9-7(4-8(5)17(19)20)10(18)16(9)15-6(2)13-14-11(15)12/h3-4,10,18H,1-2H3. The summed E-state index contributed by atoms with van der Waals surface area (Å²) < 4.78 is 1.46. The van der Waals surface area contributed by atoms with Crippen molar-refractivity contribution in [3.8, 4) is 0 Å². The number of hydrogen-bond acceptors (Lipinski definition) is 6. The number of nitro benzene ring substituents is 1. The fraction of sp³-hybridized carbons (Fsp3) is 0.273. The summed E-state index contributed by atoms with van der Waals surface area (Å²) in [5.41, 5.74) is 1.61. The number of nitro groups is 1. The van der Waals surface area contributed by atoms with Crippen molar-refractivity contribution in [2.75, 3.05) is 5.01 Å². The van der Waals surface area contributed by atoms with Crippen LogP contribution in [0.5, 0.6) is 0 Å². The minimum Gasteiger partial charge on any atom is -0.368 e. The average Bonchev–Trinajstić information content (AvgIpc) is 2.70. The third-order valence-corrected chi connectivity index (χ3v) is 3.51. The first-order chi connectivity index (χ1) is 9.41. The highest BCUT2D eigenvalue weighted by molar-refractivity contribution is 6.28. The molecule has 1 aliphatic heterocycles. The predicted molar refractivity (Wildman–Crippen MR) is 70.4 cm³/mol. The molecule has 1 aliphatic rings. The summed E-state index contributed by atoms with van der Waals surface area (Å²) in [7, 11) is 0. The van der Waals surface area contributed by atoms with Gasteiger partial charge in [0.15, 0.2) is 12.1 Å². The van der Waals surface area contributed by atoms with Gasteiger partial charge in [-0.1, -0.05) is 0 Å². The second kappa shape index (κ2) is 4.15. The van der Waals surface area contributed by atoms with Gasteiger partial charge in [0.05, 0.1) is 10.6 Å². The Morgan fingerprint density at radius 2 is 2.10 bits per heavy atom. The first-order valence-electron chi connectivity index (χ1n) is 5.76. The molecule has 0 spiro atoms. The van der Waals surface area contributed by atoms with E-state index in [1.807, 2.05) is 0 Å². The molecule has 20 heavy (non-hydrogen) atoms. The van der Waals surface area contributed by atoms with Gasteiger partial charge >= 0.3 is 0 Å². The molecule has 1 aromatic carbocycles. The van der Waals surface area contributed by atoms with Gasteiger partial charge in [0.2, 0.25) is 5.28 Å². The van der Waals surface area contributed by atoms with E-state index in [1.54, 1.807) is 19.9 Å². The number of benzene rings is 1. The predicted octanol–water partition coefficient (Wildman–Crippen LogP) is 1.73. The molecule has 1 atom stereocenters. The minimum atomic E-state index is -1.02. The van der Waals surface area contributed by atoms with Crippen molar-refractivity contribution >= 4 is 23.0 Å². The molecule has 0 radical (unpaired) electrons. The van der Waals surface area contributed by atoms with E-state index in [9.17, 15) is 15.2 Å². The Morgan fingerprint density at radius 3 is 2.65 bits per heavy atom. The molecule has 1 unspecified atom stereocenters. The van der Waals surface area contributed by atoms with Crippen LogP contribution in [0, 0.1) is 24.0 Å². The van der Waals surface area contributed by atoms with Gasteiger partial charge in [0, 0.05) is 17.2 Å². The Balaban J connectivity index is 2.12. The number of aryl methyl sites for hydroxylation is 2. The van der Waals surface area contributed by atoms with Crippen LogP contribution in [0.1, 0.15) is 23.2 Å². The largest absolute Gasteiger partial charge is 0.368 e. The van der Waals surface area contributed by atoms with Crippen LogP contribution >= 0.6 is 11.6 Å². The highest BCUT2D eigenvalue weighted by atomic mass is 35.5. The summed E-state index contributed by atoms with van der Waals surface area (Å²) in [6.45, 7) is 3.34. The van der Waals surface area contributed by atoms with E-state index in [0.717, 1.165) is 0 Å². The van der Waals surface area contributed by atoms with Crippen LogP contribution in [0.15, 0.2) is 12.1 Å². The van der Waals surface area contributed by atoms with Crippen molar-refractivity contribution in [3.63, 3.8) is 0 Å². The Hall–Kier alpha value is -2.19. The number of aliphatic hydroxyl groups excluding tert-OH is 1. The lowest BCUT2D eigenvalue weighted by molar-refractivity contribution is -0.385. The van der Waals surface area contributed by atoms with Gasteiger partial charge in [-0.3, -0.25) is 10.1 Å². The second-order valence-electron chi connectivity index (χ2n) is 4.50. The summed E-state index contributed by atoms with van der Waals surface area (Å²) in [6.07, 6.45) is -1.02. The van der Waals surface area contributed by atoms with Gasteiger partial charge in [-0.05, 0) is 31.5 Å². The molecule has 2 aromatic rings. The van der Waals surface area contributed by atoms with Crippen LogP contribution in [0.3, 0.4) is 0 Å². The lowest BCUT2D eigenvalue weighted by Gasteiger charge is -2.41. The van der Waals surface area contributed by atoms with Crippen LogP contribution in [0.25, 0.3) is 0 Å². The normalized spacial score (nSPS) is 16.8.